The van der Waals surface area contributed by atoms with Crippen LogP contribution in [0.25, 0.3) is 10.9 Å². The number of hydrogen-bond donors (Lipinski definition) is 3. The Labute approximate surface area is 212 Å². The first kappa shape index (κ1) is 25.3. The molecule has 0 bridgehead atoms. The summed E-state index contributed by atoms with van der Waals surface area (Å²) in [6.07, 6.45) is -0.911. The number of fused-ring (bicyclic) bond motifs is 1. The highest BCUT2D eigenvalue weighted by Crippen LogP contribution is 2.34. The van der Waals surface area contributed by atoms with Crippen LogP contribution >= 0.6 is 11.6 Å². The topological polar surface area (TPSA) is 123 Å². The quantitative estimate of drug-likeness (QED) is 0.459. The molecule has 3 N–H and O–H groups in total. The number of anilines is 3. The lowest BCUT2D eigenvalue weighted by molar-refractivity contribution is -0.122. The first-order valence-electron chi connectivity index (χ1n) is 11.5. The van der Waals surface area contributed by atoms with Crippen LogP contribution in [0.4, 0.5) is 21.7 Å². The number of H-pyrrole nitrogens is 1. The molecule has 4 rings (SSSR count). The van der Waals surface area contributed by atoms with Crippen LogP contribution in [0.2, 0.25) is 5.02 Å². The number of hydrogen-bond acceptors (Lipinski definition) is 7. The van der Waals surface area contributed by atoms with Gasteiger partial charge in [-0.1, -0.05) is 25.4 Å². The molecule has 3 heterocycles. The van der Waals surface area contributed by atoms with Crippen LogP contribution < -0.4 is 25.8 Å². The Bertz CT molecular complexity index is 1390. The minimum Gasteiger partial charge on any atom is -0.478 e. The zero-order valence-electron chi connectivity index (χ0n) is 20.1. The van der Waals surface area contributed by atoms with Gasteiger partial charge in [-0.15, -0.1) is 0 Å². The highest BCUT2D eigenvalue weighted by atomic mass is 35.5. The van der Waals surface area contributed by atoms with Gasteiger partial charge in [0.2, 0.25) is 0 Å². The summed E-state index contributed by atoms with van der Waals surface area (Å²) in [6, 6.07) is 10.5. The second-order valence-corrected chi connectivity index (χ2v) is 9.36. The number of halogens is 2. The highest BCUT2D eigenvalue weighted by molar-refractivity contribution is 6.33. The molecule has 0 radical (unpaired) electrons. The van der Waals surface area contributed by atoms with Gasteiger partial charge in [0.15, 0.2) is 18.2 Å². The number of rotatable bonds is 6. The molecule has 0 spiro atoms. The van der Waals surface area contributed by atoms with Gasteiger partial charge in [-0.05, 0) is 30.3 Å². The van der Waals surface area contributed by atoms with Gasteiger partial charge in [0.1, 0.15) is 18.1 Å². The van der Waals surface area contributed by atoms with Crippen molar-refractivity contribution in [3.63, 3.8) is 0 Å². The third-order valence-corrected chi connectivity index (χ3v) is 6.48. The fourth-order valence-corrected chi connectivity index (χ4v) is 4.52. The van der Waals surface area contributed by atoms with E-state index in [-0.39, 0.29) is 35.1 Å². The molecule has 2 aromatic heterocycles. The Hall–Kier alpha value is -3.84. The van der Waals surface area contributed by atoms with Crippen LogP contribution in [0.5, 0.6) is 5.75 Å². The van der Waals surface area contributed by atoms with Gasteiger partial charge in [-0.3, -0.25) is 9.59 Å². The summed E-state index contributed by atoms with van der Waals surface area (Å²) < 4.78 is 19.7. The number of likely N-dealkylation sites (N-methyl/N-ethyl adjacent to an activating group) is 1. The minimum absolute atomic E-state index is 0.0135. The van der Waals surface area contributed by atoms with Crippen molar-refractivity contribution >= 4 is 45.7 Å². The predicted molar refractivity (Wildman–Crippen MR) is 137 cm³/mol. The molecule has 1 aliphatic rings. The number of amides is 1. The molecule has 3 atom stereocenters. The molecule has 3 aromatic rings. The first-order valence-corrected chi connectivity index (χ1v) is 11.8. The molecule has 11 heteroatoms. The van der Waals surface area contributed by atoms with Crippen LogP contribution in [-0.2, 0) is 4.79 Å². The average Bonchev–Trinajstić information content (AvgIpc) is 2.86. The Kier molecular flexibility index (Phi) is 7.31. The van der Waals surface area contributed by atoms with E-state index in [1.165, 1.54) is 7.05 Å². The van der Waals surface area contributed by atoms with Gasteiger partial charge in [-0.25, -0.2) is 9.37 Å². The molecule has 36 heavy (non-hydrogen) atoms. The fourth-order valence-electron chi connectivity index (χ4n) is 4.32. The summed E-state index contributed by atoms with van der Waals surface area (Å²) in [6.45, 7) is 4.29. The third kappa shape index (κ3) is 5.21. The summed E-state index contributed by atoms with van der Waals surface area (Å²) in [5, 5.41) is 16.2. The maximum atomic E-state index is 14.4. The summed E-state index contributed by atoms with van der Waals surface area (Å²) in [5.41, 5.74) is 1.07. The number of benzene rings is 1. The number of carbonyl (C=O) groups is 1. The van der Waals surface area contributed by atoms with E-state index in [0.29, 0.717) is 46.9 Å². The van der Waals surface area contributed by atoms with Gasteiger partial charge >= 0.3 is 0 Å². The van der Waals surface area contributed by atoms with Gasteiger partial charge in [-0.2, -0.15) is 5.26 Å². The van der Waals surface area contributed by atoms with Gasteiger partial charge in [0.25, 0.3) is 11.5 Å². The number of aromatic amines is 1. The number of nitrogens with one attached hydrogen (secondary N) is 3. The summed E-state index contributed by atoms with van der Waals surface area (Å²) in [7, 11) is 1.48. The van der Waals surface area contributed by atoms with Gasteiger partial charge in [0.05, 0.1) is 10.6 Å². The molecular formula is C25H26ClFN6O3. The number of ether oxygens (including phenoxy) is 1. The summed E-state index contributed by atoms with van der Waals surface area (Å²) >= 11 is 6.44. The molecule has 1 aromatic carbocycles. The Balaban J connectivity index is 1.64. The van der Waals surface area contributed by atoms with Crippen LogP contribution in [-0.4, -0.2) is 48.8 Å². The van der Waals surface area contributed by atoms with Gasteiger partial charge in [0, 0.05) is 48.6 Å². The van der Waals surface area contributed by atoms with E-state index in [9.17, 15) is 19.2 Å². The molecule has 1 fully saturated rings. The van der Waals surface area contributed by atoms with E-state index in [2.05, 4.69) is 26.7 Å². The van der Waals surface area contributed by atoms with E-state index in [1.54, 1.807) is 30.3 Å². The Morgan fingerprint density at radius 3 is 2.69 bits per heavy atom. The molecule has 1 unspecified atom stereocenters. The van der Waals surface area contributed by atoms with Crippen molar-refractivity contribution in [2.24, 2.45) is 11.8 Å². The zero-order chi connectivity index (χ0) is 26.0. The van der Waals surface area contributed by atoms with Crippen LogP contribution in [0, 0.1) is 23.2 Å². The molecule has 188 valence electrons. The second-order valence-electron chi connectivity index (χ2n) is 8.96. The monoisotopic (exact) mass is 512 g/mol. The number of piperidine rings is 1. The van der Waals surface area contributed by atoms with Crippen LogP contribution in [0.3, 0.4) is 0 Å². The number of aromatic nitrogens is 2. The number of nitriles is 1. The van der Waals surface area contributed by atoms with Crippen molar-refractivity contribution in [1.29, 1.82) is 5.26 Å². The molecule has 1 amide bonds. The standard InChI is InChI=1S/C25H26ClFN6O3/c1-13-10-33(11-14(2)22(13)27)24-16(9-28)7-18(26)23(32-24)30-17-4-5-19-15(6-17)8-20(25(35)31-19)36-12-21(34)29-3/h4-8,13-14,22H,10-12H2,1-3H3,(H,29,34)(H,30,32)(H,31,35)/t13-,14+,22?. The number of nitrogens with zero attached hydrogens (tertiary/aromatic N) is 3. The molecule has 0 aliphatic carbocycles. The van der Waals surface area contributed by atoms with Crippen molar-refractivity contribution in [1.82, 2.24) is 15.3 Å². The van der Waals surface area contributed by atoms with Crippen molar-refractivity contribution in [3.05, 3.63) is 51.3 Å². The van der Waals surface area contributed by atoms with Crippen LogP contribution in [0.1, 0.15) is 19.4 Å². The van der Waals surface area contributed by atoms with Crippen LogP contribution in [0.15, 0.2) is 35.1 Å². The first-order chi connectivity index (χ1) is 17.2. The molecular weight excluding hydrogens is 487 g/mol. The second kappa shape index (κ2) is 10.4. The van der Waals surface area contributed by atoms with Gasteiger partial charge < -0.3 is 25.3 Å². The van der Waals surface area contributed by atoms with E-state index in [0.717, 1.165) is 0 Å². The highest BCUT2D eigenvalue weighted by Gasteiger charge is 2.33. The molecule has 1 aliphatic heterocycles. The maximum absolute atomic E-state index is 14.4. The molecule has 1 saturated heterocycles. The largest absolute Gasteiger partial charge is 0.478 e. The number of alkyl halides is 1. The summed E-state index contributed by atoms with van der Waals surface area (Å²) in [4.78, 5) is 33.0. The van der Waals surface area contributed by atoms with E-state index in [4.69, 9.17) is 16.3 Å². The van der Waals surface area contributed by atoms with Crippen molar-refractivity contribution in [2.45, 2.75) is 20.0 Å². The lowest BCUT2D eigenvalue weighted by Gasteiger charge is -2.38. The number of carbonyl (C=O) groups excluding carboxylic acids is 1. The Morgan fingerprint density at radius 1 is 1.31 bits per heavy atom. The lowest BCUT2D eigenvalue weighted by Crippen LogP contribution is -2.46. The molecule has 9 nitrogen and oxygen atoms in total. The maximum Gasteiger partial charge on any atom is 0.290 e. The third-order valence-electron chi connectivity index (χ3n) is 6.19. The predicted octanol–water partition coefficient (Wildman–Crippen LogP) is 3.75. The zero-order valence-corrected chi connectivity index (χ0v) is 20.8. The Morgan fingerprint density at radius 2 is 2.03 bits per heavy atom. The van der Waals surface area contributed by atoms with Crippen molar-refractivity contribution in [3.8, 4) is 11.8 Å². The SMILES string of the molecule is CNC(=O)COc1cc2cc(Nc3nc(N4C[C@@H](C)C(F)[C@@H](C)C4)c(C#N)cc3Cl)ccc2[nH]c1=O. The average molecular weight is 513 g/mol. The van der Waals surface area contributed by atoms with E-state index < -0.39 is 11.7 Å². The number of pyridine rings is 2. The van der Waals surface area contributed by atoms with E-state index in [1.807, 2.05) is 18.7 Å². The van der Waals surface area contributed by atoms with Crippen molar-refractivity contribution < 1.29 is 13.9 Å². The van der Waals surface area contributed by atoms with Crippen molar-refractivity contribution in [2.75, 3.05) is 37.0 Å². The fraction of sp³-hybridized carbons (Fsp3) is 0.360. The van der Waals surface area contributed by atoms with E-state index >= 15 is 0 Å². The minimum atomic E-state index is -0.911. The summed E-state index contributed by atoms with van der Waals surface area (Å²) in [5.74, 6) is 0.0489. The smallest absolute Gasteiger partial charge is 0.290 e. The molecule has 0 saturated carbocycles. The lowest BCUT2D eigenvalue weighted by atomic mass is 9.89. The normalized spacial score (nSPS) is 19.6.